The summed E-state index contributed by atoms with van der Waals surface area (Å²) in [5.74, 6) is 0.469. The molecule has 22 heavy (non-hydrogen) atoms. The molecule has 0 rings (SSSR count). The summed E-state index contributed by atoms with van der Waals surface area (Å²) in [6, 6.07) is 0. The zero-order chi connectivity index (χ0) is 16.2. The summed E-state index contributed by atoms with van der Waals surface area (Å²) in [5, 5.41) is 14.0. The van der Waals surface area contributed by atoms with E-state index in [2.05, 4.69) is 17.7 Å². The van der Waals surface area contributed by atoms with Gasteiger partial charge in [-0.15, -0.1) is 0 Å². The first-order chi connectivity index (χ1) is 9.18. The molecule has 3 N–H and O–H groups in total. The Labute approximate surface area is 147 Å². The van der Waals surface area contributed by atoms with Crippen LogP contribution in [0.25, 0.3) is 0 Å². The molecule has 0 fully saturated rings. The molecule has 133 valence electrons. The molecule has 0 aromatic carbocycles. The maximum absolute atomic E-state index is 11.2. The Morgan fingerprint density at radius 1 is 1.23 bits per heavy atom. The van der Waals surface area contributed by atoms with Gasteiger partial charge in [-0.25, -0.2) is 0 Å². The van der Waals surface area contributed by atoms with E-state index in [-0.39, 0.29) is 48.3 Å². The van der Waals surface area contributed by atoms with Crippen LogP contribution in [-0.2, 0) is 26.7 Å². The van der Waals surface area contributed by atoms with Crippen molar-refractivity contribution in [2.75, 3.05) is 13.2 Å². The zero-order valence-corrected chi connectivity index (χ0v) is 16.1. The molecule has 0 aromatic rings. The molecule has 0 spiro atoms. The van der Waals surface area contributed by atoms with Gasteiger partial charge in [0.15, 0.2) is 5.91 Å². The fourth-order valence-electron chi connectivity index (χ4n) is 1.15. The summed E-state index contributed by atoms with van der Waals surface area (Å²) < 4.78 is 0. The Morgan fingerprint density at radius 3 is 2.00 bits per heavy atom. The van der Waals surface area contributed by atoms with Gasteiger partial charge in [0.1, 0.15) is 0 Å². The van der Waals surface area contributed by atoms with Crippen LogP contribution in [0.1, 0.15) is 53.9 Å². The van der Waals surface area contributed by atoms with E-state index in [1.54, 1.807) is 0 Å². The monoisotopic (exact) mass is 357 g/mol. The molecule has 0 atom stereocenters. The van der Waals surface area contributed by atoms with Crippen molar-refractivity contribution in [1.82, 2.24) is 10.6 Å². The van der Waals surface area contributed by atoms with Gasteiger partial charge in [0, 0.05) is 31.4 Å². The van der Waals surface area contributed by atoms with Crippen LogP contribution in [0.15, 0.2) is 0 Å². The van der Waals surface area contributed by atoms with Crippen LogP contribution in [0, 0.1) is 25.8 Å². The molecule has 1 radical (unpaired) electrons. The number of carbonyl (C=O) groups excluding carboxylic acids is 2. The molecular weight excluding hydrogens is 323 g/mol. The normalized spacial score (nSPS) is 9.64. The molecular formula is C16H34MnN2O3. The van der Waals surface area contributed by atoms with E-state index in [9.17, 15) is 9.59 Å². The predicted octanol–water partition coefficient (Wildman–Crippen LogP) is 2.31. The Balaban J connectivity index is -0.000000156. The van der Waals surface area contributed by atoms with Crippen LogP contribution in [0.2, 0.25) is 0 Å². The molecule has 0 aromatic heterocycles. The first kappa shape index (κ1) is 29.4. The minimum Gasteiger partial charge on any atom is -0.508 e. The van der Waals surface area contributed by atoms with Gasteiger partial charge >= 0.3 is 17.1 Å². The quantitative estimate of drug-likeness (QED) is 0.483. The number of aliphatic hydroxyl groups excluding tert-OH is 1. The van der Waals surface area contributed by atoms with Crippen molar-refractivity contribution in [2.24, 2.45) is 11.3 Å². The third-order valence-corrected chi connectivity index (χ3v) is 2.46. The van der Waals surface area contributed by atoms with E-state index >= 15 is 0 Å². The molecule has 0 saturated heterocycles. The summed E-state index contributed by atoms with van der Waals surface area (Å²) in [4.78, 5) is 21.5. The van der Waals surface area contributed by atoms with Crippen molar-refractivity contribution in [3.05, 3.63) is 14.5 Å². The van der Waals surface area contributed by atoms with Crippen molar-refractivity contribution in [3.63, 3.8) is 0 Å². The summed E-state index contributed by atoms with van der Waals surface area (Å²) in [6.45, 7) is 10.4. The minimum absolute atomic E-state index is 0. The maximum Gasteiger partial charge on any atom is 2.00 e. The van der Waals surface area contributed by atoms with Crippen LogP contribution in [0.5, 0.6) is 0 Å². The van der Waals surface area contributed by atoms with E-state index in [4.69, 9.17) is 5.11 Å². The van der Waals surface area contributed by atoms with Gasteiger partial charge in [-0.1, -0.05) is 34.6 Å². The van der Waals surface area contributed by atoms with E-state index in [0.717, 1.165) is 6.42 Å². The number of hydrogen-bond acceptors (Lipinski definition) is 3. The summed E-state index contributed by atoms with van der Waals surface area (Å²) in [6.07, 6.45) is 2.03. The Bertz CT molecular complexity index is 283. The van der Waals surface area contributed by atoms with Crippen LogP contribution in [-0.4, -0.2) is 30.1 Å². The number of hydrogen-bond donors (Lipinski definition) is 3. The minimum atomic E-state index is -0.216. The number of nitrogens with one attached hydrogen (secondary N) is 2. The molecule has 0 aliphatic rings. The molecule has 0 saturated carbocycles. The number of aliphatic hydroxyl groups is 1. The fourth-order valence-corrected chi connectivity index (χ4v) is 1.15. The largest absolute Gasteiger partial charge is 2.00 e. The average Bonchev–Trinajstić information content (AvgIpc) is 2.37. The molecule has 2 amide bonds. The van der Waals surface area contributed by atoms with Gasteiger partial charge in [-0.05, 0) is 12.3 Å². The van der Waals surface area contributed by atoms with Gasteiger partial charge in [0.25, 0.3) is 0 Å². The number of carbonyl (C=O) groups is 2. The van der Waals surface area contributed by atoms with Gasteiger partial charge in [-0.3, -0.25) is 16.6 Å². The molecule has 0 heterocycles. The Hall–Kier alpha value is -0.581. The van der Waals surface area contributed by atoms with Crippen LogP contribution < -0.4 is 10.6 Å². The van der Waals surface area contributed by atoms with Crippen LogP contribution in [0.4, 0.5) is 0 Å². The van der Waals surface area contributed by atoms with Gasteiger partial charge in [0.2, 0.25) is 5.91 Å². The smallest absolute Gasteiger partial charge is 0.508 e. The second-order valence-corrected chi connectivity index (χ2v) is 6.05. The SMILES string of the molecule is CC(C)CC(=O)NCC(C)(C)CO.[CH2-]NC(=O)CCC.[CH3-].[Mn+2]. The van der Waals surface area contributed by atoms with Gasteiger partial charge in [0.05, 0.1) is 0 Å². The third-order valence-electron chi connectivity index (χ3n) is 2.46. The van der Waals surface area contributed by atoms with Crippen molar-refractivity contribution < 1.29 is 31.8 Å². The van der Waals surface area contributed by atoms with Crippen LogP contribution >= 0.6 is 0 Å². The summed E-state index contributed by atoms with van der Waals surface area (Å²) >= 11 is 0. The first-order valence-electron chi connectivity index (χ1n) is 7.12. The van der Waals surface area contributed by atoms with Crippen molar-refractivity contribution in [2.45, 2.75) is 53.9 Å². The van der Waals surface area contributed by atoms with Crippen molar-refractivity contribution >= 4 is 11.8 Å². The molecule has 0 aliphatic carbocycles. The maximum atomic E-state index is 11.2. The second-order valence-electron chi connectivity index (χ2n) is 6.05. The molecule has 6 heteroatoms. The standard InChI is InChI=1S/C10H21NO2.C5H10NO.CH3.Mn/c1-8(2)5-9(13)11-6-10(3,4)7-12;1-3-4-5(7)6-2;;/h8,12H,5-7H2,1-4H3,(H,11,13);2-4H2,1H3,(H,6,7);1H3;/q;2*-1;+2. The number of amides is 2. The Morgan fingerprint density at radius 2 is 1.73 bits per heavy atom. The van der Waals surface area contributed by atoms with E-state index in [0.29, 0.717) is 25.3 Å². The molecule has 0 bridgehead atoms. The summed E-state index contributed by atoms with van der Waals surface area (Å²) in [7, 11) is 3.20. The first-order valence-corrected chi connectivity index (χ1v) is 7.12. The zero-order valence-electron chi connectivity index (χ0n) is 15.0. The number of rotatable bonds is 7. The topological polar surface area (TPSA) is 78.4 Å². The van der Waals surface area contributed by atoms with Crippen molar-refractivity contribution in [1.29, 1.82) is 0 Å². The van der Waals surface area contributed by atoms with E-state index in [1.807, 2.05) is 34.6 Å². The van der Waals surface area contributed by atoms with E-state index < -0.39 is 0 Å². The van der Waals surface area contributed by atoms with Gasteiger partial charge in [-0.2, -0.15) is 0 Å². The van der Waals surface area contributed by atoms with Gasteiger partial charge < -0.3 is 23.2 Å². The predicted molar refractivity (Wildman–Crippen MR) is 88.2 cm³/mol. The average molecular weight is 357 g/mol. The molecule has 0 unspecified atom stereocenters. The molecule has 5 nitrogen and oxygen atoms in total. The molecule has 0 aliphatic heterocycles. The van der Waals surface area contributed by atoms with E-state index in [1.165, 1.54) is 0 Å². The Kier molecular flexibility index (Phi) is 22.5. The van der Waals surface area contributed by atoms with Crippen LogP contribution in [0.3, 0.4) is 0 Å². The second kappa shape index (κ2) is 16.8. The van der Waals surface area contributed by atoms with Crippen molar-refractivity contribution in [3.8, 4) is 0 Å². The fraction of sp³-hybridized carbons (Fsp3) is 0.750. The summed E-state index contributed by atoms with van der Waals surface area (Å²) in [5.41, 5.74) is -0.216. The third kappa shape index (κ3) is 21.7.